The van der Waals surface area contributed by atoms with Crippen LogP contribution < -0.4 is 0 Å². The minimum absolute atomic E-state index is 1.00. The summed E-state index contributed by atoms with van der Waals surface area (Å²) in [5.74, 6) is 0. The second-order valence-electron chi connectivity index (χ2n) is 4.96. The average molecular weight is 245 g/mol. The Bertz CT molecular complexity index is 542. The molecule has 0 fully saturated rings. The van der Waals surface area contributed by atoms with Crippen LogP contribution >= 0.6 is 11.6 Å². The van der Waals surface area contributed by atoms with Crippen molar-refractivity contribution in [3.05, 3.63) is 46.5 Å². The van der Waals surface area contributed by atoms with E-state index in [1.165, 1.54) is 54.0 Å². The molecule has 0 heterocycles. The monoisotopic (exact) mass is 244 g/mol. The molecule has 1 aliphatic carbocycles. The van der Waals surface area contributed by atoms with Crippen molar-refractivity contribution < 1.29 is 0 Å². The van der Waals surface area contributed by atoms with Gasteiger partial charge in [-0.2, -0.15) is 0 Å². The minimum atomic E-state index is 1.00. The zero-order valence-electron chi connectivity index (χ0n) is 10.0. The van der Waals surface area contributed by atoms with Crippen molar-refractivity contribution in [3.8, 4) is 0 Å². The first-order valence-corrected chi connectivity index (χ1v) is 6.93. The van der Waals surface area contributed by atoms with Gasteiger partial charge in [0, 0.05) is 5.39 Å². The highest BCUT2D eigenvalue weighted by Gasteiger charge is 2.13. The van der Waals surface area contributed by atoms with E-state index in [0.29, 0.717) is 0 Å². The molecule has 88 valence electrons. The van der Waals surface area contributed by atoms with E-state index < -0.39 is 0 Å². The third-order valence-corrected chi connectivity index (χ3v) is 4.23. The van der Waals surface area contributed by atoms with Crippen LogP contribution in [0.15, 0.2) is 30.3 Å². The van der Waals surface area contributed by atoms with Crippen molar-refractivity contribution in [3.63, 3.8) is 0 Å². The first kappa shape index (κ1) is 11.1. The van der Waals surface area contributed by atoms with Crippen molar-refractivity contribution in [2.24, 2.45) is 0 Å². The van der Waals surface area contributed by atoms with Gasteiger partial charge in [0.2, 0.25) is 0 Å². The molecular weight excluding hydrogens is 228 g/mol. The molecule has 1 aliphatic rings. The summed E-state index contributed by atoms with van der Waals surface area (Å²) < 4.78 is 0. The summed E-state index contributed by atoms with van der Waals surface area (Å²) >= 11 is 6.59. The van der Waals surface area contributed by atoms with Crippen LogP contribution in [0.5, 0.6) is 0 Å². The zero-order valence-corrected chi connectivity index (χ0v) is 10.8. The highest BCUT2D eigenvalue weighted by molar-refractivity contribution is 6.36. The topological polar surface area (TPSA) is 0 Å². The van der Waals surface area contributed by atoms with E-state index in [4.69, 9.17) is 11.6 Å². The predicted octanol–water partition coefficient (Wildman–Crippen LogP) is 5.15. The molecule has 0 bridgehead atoms. The number of benzene rings is 2. The van der Waals surface area contributed by atoms with Crippen LogP contribution in [-0.2, 0) is 12.8 Å². The maximum absolute atomic E-state index is 6.59. The first-order chi connectivity index (χ1) is 8.36. The number of aryl methyl sites for hydroxylation is 1. The van der Waals surface area contributed by atoms with Gasteiger partial charge in [0.1, 0.15) is 0 Å². The largest absolute Gasteiger partial charge is 0.0834 e. The van der Waals surface area contributed by atoms with Crippen LogP contribution in [0.4, 0.5) is 0 Å². The Labute approximate surface area is 108 Å². The molecule has 0 atom stereocenters. The van der Waals surface area contributed by atoms with Crippen LogP contribution in [0.3, 0.4) is 0 Å². The van der Waals surface area contributed by atoms with Gasteiger partial charge in [-0.15, -0.1) is 0 Å². The summed E-state index contributed by atoms with van der Waals surface area (Å²) in [5, 5.41) is 3.50. The third-order valence-electron chi connectivity index (χ3n) is 3.80. The Morgan fingerprint density at radius 3 is 2.53 bits per heavy atom. The van der Waals surface area contributed by atoms with E-state index in [1.54, 1.807) is 0 Å². The van der Waals surface area contributed by atoms with Crippen molar-refractivity contribution >= 4 is 22.4 Å². The fourth-order valence-electron chi connectivity index (χ4n) is 2.87. The summed E-state index contributed by atoms with van der Waals surface area (Å²) in [6.07, 6.45) is 7.65. The summed E-state index contributed by atoms with van der Waals surface area (Å²) in [6.45, 7) is 0. The summed E-state index contributed by atoms with van der Waals surface area (Å²) in [4.78, 5) is 0. The SMILES string of the molecule is Clc1c2c(cc3ccccc13)CCCCCC2. The van der Waals surface area contributed by atoms with Gasteiger partial charge in [-0.1, -0.05) is 54.8 Å². The lowest BCUT2D eigenvalue weighted by atomic mass is 9.91. The molecule has 0 nitrogen and oxygen atoms in total. The molecule has 1 heteroatoms. The van der Waals surface area contributed by atoms with E-state index in [0.717, 1.165) is 11.4 Å². The zero-order chi connectivity index (χ0) is 11.7. The number of halogens is 1. The number of hydrogen-bond acceptors (Lipinski definition) is 0. The van der Waals surface area contributed by atoms with Crippen LogP contribution in [-0.4, -0.2) is 0 Å². The quantitative estimate of drug-likeness (QED) is 0.601. The van der Waals surface area contributed by atoms with Gasteiger partial charge in [0.25, 0.3) is 0 Å². The third kappa shape index (κ3) is 2.07. The Morgan fingerprint density at radius 1 is 0.882 bits per heavy atom. The second-order valence-corrected chi connectivity index (χ2v) is 5.34. The molecule has 0 radical (unpaired) electrons. The molecule has 0 saturated carbocycles. The maximum Gasteiger partial charge on any atom is 0.0519 e. The standard InChI is InChI=1S/C16H17Cl/c17-16-14-9-4-2-1-3-7-12(14)11-13-8-5-6-10-15(13)16/h5-6,8,10-11H,1-4,7,9H2. The van der Waals surface area contributed by atoms with E-state index in [1.807, 2.05) is 0 Å². The molecule has 17 heavy (non-hydrogen) atoms. The van der Waals surface area contributed by atoms with Gasteiger partial charge < -0.3 is 0 Å². The molecule has 0 saturated heterocycles. The predicted molar refractivity (Wildman–Crippen MR) is 74.8 cm³/mol. The lowest BCUT2D eigenvalue weighted by molar-refractivity contribution is 0.617. The van der Waals surface area contributed by atoms with Gasteiger partial charge in [-0.05, 0) is 42.2 Å². The lowest BCUT2D eigenvalue weighted by Gasteiger charge is -2.17. The van der Waals surface area contributed by atoms with Gasteiger partial charge in [-0.3, -0.25) is 0 Å². The van der Waals surface area contributed by atoms with Gasteiger partial charge in [-0.25, -0.2) is 0 Å². The highest BCUT2D eigenvalue weighted by Crippen LogP contribution is 2.33. The van der Waals surface area contributed by atoms with E-state index in [2.05, 4.69) is 30.3 Å². The molecule has 2 aromatic rings. The van der Waals surface area contributed by atoms with Crippen molar-refractivity contribution in [2.75, 3.05) is 0 Å². The molecular formula is C16H17Cl. The van der Waals surface area contributed by atoms with Crippen LogP contribution in [0, 0.1) is 0 Å². The highest BCUT2D eigenvalue weighted by atomic mass is 35.5. The Kier molecular flexibility index (Phi) is 3.07. The second kappa shape index (κ2) is 4.70. The van der Waals surface area contributed by atoms with Crippen LogP contribution in [0.1, 0.15) is 36.8 Å². The molecule has 0 aliphatic heterocycles. The van der Waals surface area contributed by atoms with Crippen molar-refractivity contribution in [1.29, 1.82) is 0 Å². The first-order valence-electron chi connectivity index (χ1n) is 6.55. The summed E-state index contributed by atoms with van der Waals surface area (Å²) in [7, 11) is 0. The van der Waals surface area contributed by atoms with Crippen molar-refractivity contribution in [2.45, 2.75) is 38.5 Å². The maximum atomic E-state index is 6.59. The normalized spacial score (nSPS) is 16.3. The molecule has 0 unspecified atom stereocenters. The fraction of sp³-hybridized carbons (Fsp3) is 0.375. The smallest absolute Gasteiger partial charge is 0.0519 e. The van der Waals surface area contributed by atoms with Crippen LogP contribution in [0.2, 0.25) is 5.02 Å². The number of rotatable bonds is 0. The van der Waals surface area contributed by atoms with Crippen LogP contribution in [0.25, 0.3) is 10.8 Å². The Morgan fingerprint density at radius 2 is 1.65 bits per heavy atom. The number of hydrogen-bond donors (Lipinski definition) is 0. The fourth-order valence-corrected chi connectivity index (χ4v) is 3.25. The molecule has 2 aromatic carbocycles. The van der Waals surface area contributed by atoms with E-state index in [-0.39, 0.29) is 0 Å². The Hall–Kier alpha value is -1.01. The molecule has 0 aromatic heterocycles. The van der Waals surface area contributed by atoms with Gasteiger partial charge >= 0.3 is 0 Å². The molecule has 3 rings (SSSR count). The van der Waals surface area contributed by atoms with Crippen molar-refractivity contribution in [1.82, 2.24) is 0 Å². The number of fused-ring (bicyclic) bond motifs is 2. The molecule has 0 amide bonds. The lowest BCUT2D eigenvalue weighted by Crippen LogP contribution is -2.01. The van der Waals surface area contributed by atoms with E-state index in [9.17, 15) is 0 Å². The minimum Gasteiger partial charge on any atom is -0.0834 e. The summed E-state index contributed by atoms with van der Waals surface area (Å²) in [5.41, 5.74) is 2.89. The Balaban J connectivity index is 2.21. The summed E-state index contributed by atoms with van der Waals surface area (Å²) in [6, 6.07) is 10.8. The molecule has 0 N–H and O–H groups in total. The van der Waals surface area contributed by atoms with E-state index >= 15 is 0 Å². The van der Waals surface area contributed by atoms with Gasteiger partial charge in [0.15, 0.2) is 0 Å². The average Bonchev–Trinajstić information content (AvgIpc) is 2.32. The molecule has 0 spiro atoms. The van der Waals surface area contributed by atoms with Gasteiger partial charge in [0.05, 0.1) is 5.02 Å².